The van der Waals surface area contributed by atoms with E-state index in [0.29, 0.717) is 25.0 Å². The predicted molar refractivity (Wildman–Crippen MR) is 87.5 cm³/mol. The minimum absolute atomic E-state index is 0.112. The van der Waals surface area contributed by atoms with E-state index in [1.807, 2.05) is 41.3 Å². The van der Waals surface area contributed by atoms with Gasteiger partial charge in [0.1, 0.15) is 5.82 Å². The second-order valence-corrected chi connectivity index (χ2v) is 5.97. The lowest BCUT2D eigenvalue weighted by Gasteiger charge is -2.27. The molecule has 1 aliphatic heterocycles. The highest BCUT2D eigenvalue weighted by Gasteiger charge is 2.24. The summed E-state index contributed by atoms with van der Waals surface area (Å²) >= 11 is 0. The van der Waals surface area contributed by atoms with Crippen LogP contribution in [0.2, 0.25) is 0 Å². The first-order valence-corrected chi connectivity index (χ1v) is 7.82. The highest BCUT2D eigenvalue weighted by Crippen LogP contribution is 2.29. The molecule has 0 aliphatic carbocycles. The van der Waals surface area contributed by atoms with Gasteiger partial charge in [0.15, 0.2) is 0 Å². The molecule has 2 aromatic carbocycles. The van der Waals surface area contributed by atoms with Crippen LogP contribution >= 0.6 is 0 Å². The summed E-state index contributed by atoms with van der Waals surface area (Å²) in [6.07, 6.45) is 1.17. The fraction of sp³-hybridized carbons (Fsp3) is 0.211. The van der Waals surface area contributed by atoms with Crippen molar-refractivity contribution in [3.8, 4) is 0 Å². The van der Waals surface area contributed by atoms with Crippen molar-refractivity contribution >= 4 is 16.8 Å². The van der Waals surface area contributed by atoms with Gasteiger partial charge in [0, 0.05) is 17.6 Å². The van der Waals surface area contributed by atoms with Crippen molar-refractivity contribution in [1.82, 2.24) is 9.88 Å². The van der Waals surface area contributed by atoms with E-state index in [1.165, 1.54) is 6.07 Å². The van der Waals surface area contributed by atoms with Crippen molar-refractivity contribution in [3.63, 3.8) is 0 Å². The molecule has 1 aromatic heterocycles. The number of nitrogens with zero attached hydrogens (tertiary/aromatic N) is 1. The molecule has 4 heteroatoms. The number of hydrogen-bond acceptors (Lipinski definition) is 1. The molecule has 0 saturated carbocycles. The van der Waals surface area contributed by atoms with Crippen molar-refractivity contribution in [3.05, 3.63) is 71.2 Å². The number of halogens is 1. The van der Waals surface area contributed by atoms with E-state index in [0.717, 1.165) is 28.6 Å². The summed E-state index contributed by atoms with van der Waals surface area (Å²) in [7, 11) is 0. The minimum Gasteiger partial charge on any atom is -0.354 e. The largest absolute Gasteiger partial charge is 0.354 e. The summed E-state index contributed by atoms with van der Waals surface area (Å²) in [5.41, 5.74) is 3.67. The molecule has 0 spiro atoms. The average molecular weight is 308 g/mol. The van der Waals surface area contributed by atoms with Crippen LogP contribution in [0.15, 0.2) is 48.5 Å². The fourth-order valence-corrected chi connectivity index (χ4v) is 3.32. The van der Waals surface area contributed by atoms with Gasteiger partial charge in [0.05, 0.1) is 18.5 Å². The predicted octanol–water partition coefficient (Wildman–Crippen LogP) is 3.43. The number of fused-ring (bicyclic) bond motifs is 3. The maximum absolute atomic E-state index is 13.9. The van der Waals surface area contributed by atoms with Gasteiger partial charge >= 0.3 is 0 Å². The molecule has 4 rings (SSSR count). The third-order valence-corrected chi connectivity index (χ3v) is 4.51. The molecule has 23 heavy (non-hydrogen) atoms. The van der Waals surface area contributed by atoms with Crippen LogP contribution in [0.5, 0.6) is 0 Å². The first kappa shape index (κ1) is 14.0. The molecule has 0 fully saturated rings. The molecule has 1 amide bonds. The number of carbonyl (C=O) groups is 1. The Morgan fingerprint density at radius 1 is 1.13 bits per heavy atom. The Bertz CT molecular complexity index is 870. The SMILES string of the molecule is O=C(Cc1ccccc1)N1CCc2c([nH]c3c(F)cccc23)C1. The smallest absolute Gasteiger partial charge is 0.227 e. The molecule has 0 radical (unpaired) electrons. The zero-order chi connectivity index (χ0) is 15.8. The van der Waals surface area contributed by atoms with E-state index in [2.05, 4.69) is 4.98 Å². The molecule has 2 heterocycles. The molecular formula is C19H17FN2O. The minimum atomic E-state index is -0.237. The number of amides is 1. The Morgan fingerprint density at radius 2 is 1.96 bits per heavy atom. The molecule has 0 saturated heterocycles. The number of aromatic amines is 1. The summed E-state index contributed by atoms with van der Waals surface area (Å²) in [6.45, 7) is 1.21. The van der Waals surface area contributed by atoms with Gasteiger partial charge in [-0.15, -0.1) is 0 Å². The number of nitrogens with one attached hydrogen (secondary N) is 1. The number of aromatic nitrogens is 1. The van der Waals surface area contributed by atoms with Gasteiger partial charge in [-0.1, -0.05) is 42.5 Å². The maximum Gasteiger partial charge on any atom is 0.227 e. The van der Waals surface area contributed by atoms with E-state index in [1.54, 1.807) is 6.07 Å². The van der Waals surface area contributed by atoms with Crippen molar-refractivity contribution in [2.45, 2.75) is 19.4 Å². The highest BCUT2D eigenvalue weighted by molar-refractivity contribution is 5.86. The van der Waals surface area contributed by atoms with Gasteiger partial charge in [-0.25, -0.2) is 4.39 Å². The Labute approximate surface area is 133 Å². The zero-order valence-electron chi connectivity index (χ0n) is 12.7. The maximum atomic E-state index is 13.9. The van der Waals surface area contributed by atoms with Crippen LogP contribution in [0.3, 0.4) is 0 Å². The molecule has 1 N–H and O–H groups in total. The van der Waals surface area contributed by atoms with Gasteiger partial charge in [-0.2, -0.15) is 0 Å². The van der Waals surface area contributed by atoms with E-state index < -0.39 is 0 Å². The lowest BCUT2D eigenvalue weighted by Crippen LogP contribution is -2.36. The first-order valence-electron chi connectivity index (χ1n) is 7.82. The van der Waals surface area contributed by atoms with E-state index in [-0.39, 0.29) is 11.7 Å². The molecule has 0 bridgehead atoms. The third-order valence-electron chi connectivity index (χ3n) is 4.51. The Morgan fingerprint density at radius 3 is 2.78 bits per heavy atom. The van der Waals surface area contributed by atoms with Crippen LogP contribution in [-0.4, -0.2) is 22.3 Å². The van der Waals surface area contributed by atoms with Gasteiger partial charge in [-0.3, -0.25) is 4.79 Å². The fourth-order valence-electron chi connectivity index (χ4n) is 3.32. The third kappa shape index (κ3) is 2.50. The van der Waals surface area contributed by atoms with Gasteiger partial charge in [0.25, 0.3) is 0 Å². The molecule has 116 valence electrons. The van der Waals surface area contributed by atoms with Crippen molar-refractivity contribution < 1.29 is 9.18 Å². The van der Waals surface area contributed by atoms with Crippen molar-refractivity contribution in [2.24, 2.45) is 0 Å². The summed E-state index contributed by atoms with van der Waals surface area (Å²) in [4.78, 5) is 17.5. The van der Waals surface area contributed by atoms with Crippen LogP contribution < -0.4 is 0 Å². The summed E-state index contributed by atoms with van der Waals surface area (Å²) in [5.74, 6) is -0.125. The van der Waals surface area contributed by atoms with E-state index >= 15 is 0 Å². The summed E-state index contributed by atoms with van der Waals surface area (Å²) in [6, 6.07) is 14.9. The number of carbonyl (C=O) groups excluding carboxylic acids is 1. The van der Waals surface area contributed by atoms with Gasteiger partial charge in [0.2, 0.25) is 5.91 Å². The van der Waals surface area contributed by atoms with Crippen LogP contribution in [0, 0.1) is 5.82 Å². The topological polar surface area (TPSA) is 36.1 Å². The van der Waals surface area contributed by atoms with Crippen molar-refractivity contribution in [1.29, 1.82) is 0 Å². The normalized spacial score (nSPS) is 14.0. The number of hydrogen-bond donors (Lipinski definition) is 1. The average Bonchev–Trinajstić information content (AvgIpc) is 2.95. The van der Waals surface area contributed by atoms with E-state index in [9.17, 15) is 9.18 Å². The molecule has 0 atom stereocenters. The highest BCUT2D eigenvalue weighted by atomic mass is 19.1. The van der Waals surface area contributed by atoms with Crippen LogP contribution in [0.4, 0.5) is 4.39 Å². The number of rotatable bonds is 2. The number of para-hydroxylation sites is 1. The summed E-state index contributed by atoms with van der Waals surface area (Å²) in [5, 5.41) is 0.940. The first-order chi connectivity index (χ1) is 11.2. The lowest BCUT2D eigenvalue weighted by atomic mass is 10.0. The van der Waals surface area contributed by atoms with Crippen LogP contribution in [0.1, 0.15) is 16.8 Å². The molecule has 1 aliphatic rings. The summed E-state index contributed by atoms with van der Waals surface area (Å²) < 4.78 is 13.9. The van der Waals surface area contributed by atoms with Gasteiger partial charge < -0.3 is 9.88 Å². The number of H-pyrrole nitrogens is 1. The standard InChI is InChI=1S/C19H17FN2O/c20-16-8-4-7-15-14-9-10-22(12-17(14)21-19(15)16)18(23)11-13-5-2-1-3-6-13/h1-8,21H,9-12H2. The molecular weight excluding hydrogens is 291 g/mol. The monoisotopic (exact) mass is 308 g/mol. The van der Waals surface area contributed by atoms with Crippen LogP contribution in [0.25, 0.3) is 10.9 Å². The lowest BCUT2D eigenvalue weighted by molar-refractivity contribution is -0.131. The Kier molecular flexibility index (Phi) is 3.37. The second-order valence-electron chi connectivity index (χ2n) is 5.97. The molecule has 0 unspecified atom stereocenters. The zero-order valence-corrected chi connectivity index (χ0v) is 12.7. The van der Waals surface area contributed by atoms with Gasteiger partial charge in [-0.05, 0) is 23.6 Å². The number of benzene rings is 2. The molecule has 3 nitrogen and oxygen atoms in total. The molecule has 3 aromatic rings. The van der Waals surface area contributed by atoms with Crippen LogP contribution in [-0.2, 0) is 24.2 Å². The van der Waals surface area contributed by atoms with E-state index in [4.69, 9.17) is 0 Å². The second kappa shape index (κ2) is 5.54. The quantitative estimate of drug-likeness (QED) is 0.773. The Hall–Kier alpha value is -2.62. The van der Waals surface area contributed by atoms with Crippen molar-refractivity contribution in [2.75, 3.05) is 6.54 Å². The Balaban J connectivity index is 1.58.